The summed E-state index contributed by atoms with van der Waals surface area (Å²) in [5, 5.41) is 0.430. The van der Waals surface area contributed by atoms with Crippen molar-refractivity contribution in [2.45, 2.75) is 6.92 Å². The maximum Gasteiger partial charge on any atom is 0.159 e. The van der Waals surface area contributed by atoms with Crippen LogP contribution in [-0.4, -0.2) is 10.4 Å². The first kappa shape index (κ1) is 12.5. The maximum absolute atomic E-state index is 13.9. The second kappa shape index (κ2) is 4.56. The highest BCUT2D eigenvalue weighted by molar-refractivity contribution is 5.98. The fraction of sp³-hybridized carbons (Fsp3) is 0.0625. The first-order chi connectivity index (χ1) is 9.56. The topological polar surface area (TPSA) is 22.0 Å². The first-order valence-corrected chi connectivity index (χ1v) is 6.14. The van der Waals surface area contributed by atoms with Gasteiger partial charge >= 0.3 is 0 Å². The lowest BCUT2D eigenvalue weighted by molar-refractivity contribution is 0.101. The van der Waals surface area contributed by atoms with Gasteiger partial charge in [-0.15, -0.1) is 0 Å². The normalized spacial score (nSPS) is 10.9. The summed E-state index contributed by atoms with van der Waals surface area (Å²) in [5.41, 5.74) is 1.74. The zero-order chi connectivity index (χ0) is 14.3. The number of carbonyl (C=O) groups is 1. The van der Waals surface area contributed by atoms with Gasteiger partial charge < -0.3 is 4.57 Å². The molecule has 1 aromatic heterocycles. The van der Waals surface area contributed by atoms with E-state index in [1.165, 1.54) is 25.3 Å². The monoisotopic (exact) mass is 271 g/mol. The molecule has 0 atom stereocenters. The Morgan fingerprint density at radius 3 is 2.40 bits per heavy atom. The maximum atomic E-state index is 13.9. The summed E-state index contributed by atoms with van der Waals surface area (Å²) in [6.07, 6.45) is 1.34. The van der Waals surface area contributed by atoms with Gasteiger partial charge in [-0.3, -0.25) is 4.79 Å². The predicted molar refractivity (Wildman–Crippen MR) is 73.2 cm³/mol. The van der Waals surface area contributed by atoms with E-state index in [1.54, 1.807) is 34.9 Å². The van der Waals surface area contributed by atoms with Crippen molar-refractivity contribution in [1.29, 1.82) is 0 Å². The Morgan fingerprint density at radius 2 is 1.75 bits per heavy atom. The highest BCUT2D eigenvalue weighted by Gasteiger charge is 2.11. The fourth-order valence-corrected chi connectivity index (χ4v) is 2.22. The highest BCUT2D eigenvalue weighted by atomic mass is 19.1. The minimum absolute atomic E-state index is 0.0841. The molecule has 0 spiro atoms. The zero-order valence-corrected chi connectivity index (χ0v) is 10.7. The third-order valence-electron chi connectivity index (χ3n) is 3.27. The Labute approximate surface area is 114 Å². The number of aromatic nitrogens is 1. The number of ketones is 1. The summed E-state index contributed by atoms with van der Waals surface area (Å²) < 4.78 is 28.5. The van der Waals surface area contributed by atoms with Gasteiger partial charge in [0.15, 0.2) is 5.78 Å². The molecule has 2 nitrogen and oxygen atoms in total. The number of hydrogen-bond acceptors (Lipinski definition) is 1. The van der Waals surface area contributed by atoms with Crippen LogP contribution in [0.4, 0.5) is 8.78 Å². The van der Waals surface area contributed by atoms with E-state index in [0.717, 1.165) is 0 Å². The largest absolute Gasteiger partial charge is 0.314 e. The third-order valence-corrected chi connectivity index (χ3v) is 3.27. The molecule has 3 aromatic rings. The van der Waals surface area contributed by atoms with Crippen LogP contribution in [0.2, 0.25) is 0 Å². The Morgan fingerprint density at radius 1 is 1.05 bits per heavy atom. The van der Waals surface area contributed by atoms with E-state index < -0.39 is 0 Å². The van der Waals surface area contributed by atoms with Crippen molar-refractivity contribution in [3.05, 3.63) is 65.9 Å². The van der Waals surface area contributed by atoms with E-state index in [2.05, 4.69) is 0 Å². The van der Waals surface area contributed by atoms with Crippen molar-refractivity contribution in [2.75, 3.05) is 0 Å². The molecule has 1 heterocycles. The lowest BCUT2D eigenvalue weighted by atomic mass is 10.1. The second-order valence-corrected chi connectivity index (χ2v) is 4.61. The van der Waals surface area contributed by atoms with Gasteiger partial charge in [0, 0.05) is 22.8 Å². The number of benzene rings is 2. The molecule has 0 N–H and O–H groups in total. The summed E-state index contributed by atoms with van der Waals surface area (Å²) in [6.45, 7) is 1.46. The number of rotatable bonds is 2. The third kappa shape index (κ3) is 1.99. The van der Waals surface area contributed by atoms with Crippen LogP contribution in [0.1, 0.15) is 17.3 Å². The molecule has 0 fully saturated rings. The Hall–Kier alpha value is -2.49. The van der Waals surface area contributed by atoms with E-state index in [1.807, 2.05) is 0 Å². The van der Waals surface area contributed by atoms with Crippen LogP contribution >= 0.6 is 0 Å². The smallest absolute Gasteiger partial charge is 0.159 e. The molecule has 4 heteroatoms. The number of Topliss-reactive ketones (excluding diaryl/α,β-unsaturated/α-hetero) is 1. The number of nitrogens with zero attached hydrogens (tertiary/aromatic N) is 1. The summed E-state index contributed by atoms with van der Waals surface area (Å²) in [4.78, 5) is 11.4. The van der Waals surface area contributed by atoms with E-state index >= 15 is 0 Å². The lowest BCUT2D eigenvalue weighted by Crippen LogP contribution is -1.95. The molecule has 0 radical (unpaired) electrons. The van der Waals surface area contributed by atoms with Gasteiger partial charge in [-0.2, -0.15) is 0 Å². The number of hydrogen-bond donors (Lipinski definition) is 0. The molecule has 0 aliphatic carbocycles. The molecular formula is C16H11F2NO. The van der Waals surface area contributed by atoms with Gasteiger partial charge in [-0.1, -0.05) is 6.07 Å². The Kier molecular flexibility index (Phi) is 2.86. The number of halogens is 2. The minimum atomic E-state index is -0.376. The Bertz CT molecular complexity index is 803. The Balaban J connectivity index is 2.27. The van der Waals surface area contributed by atoms with E-state index in [-0.39, 0.29) is 17.4 Å². The molecule has 0 aliphatic rings. The number of carbonyl (C=O) groups excluding carboxylic acids is 1. The molecule has 0 bridgehead atoms. The standard InChI is InChI=1S/C16H11F2NO/c1-10(20)11-2-7-14-15(18)9-19(16(14)8-11)13-5-3-12(17)4-6-13/h2-9H,1H3. The van der Waals surface area contributed by atoms with Gasteiger partial charge in [0.1, 0.15) is 11.6 Å². The average Bonchev–Trinajstić information content (AvgIpc) is 2.76. The van der Waals surface area contributed by atoms with Crippen LogP contribution in [0.3, 0.4) is 0 Å². The van der Waals surface area contributed by atoms with Gasteiger partial charge in [0.2, 0.25) is 0 Å². The molecular weight excluding hydrogens is 260 g/mol. The molecule has 0 unspecified atom stereocenters. The number of fused-ring (bicyclic) bond motifs is 1. The molecule has 0 saturated carbocycles. The molecule has 100 valence electrons. The predicted octanol–water partition coefficient (Wildman–Crippen LogP) is 4.11. The SMILES string of the molecule is CC(=O)c1ccc2c(F)cn(-c3ccc(F)cc3)c2c1. The summed E-state index contributed by atoms with van der Waals surface area (Å²) in [6, 6.07) is 10.6. The second-order valence-electron chi connectivity index (χ2n) is 4.61. The van der Waals surface area contributed by atoms with Crippen LogP contribution in [0.15, 0.2) is 48.7 Å². The van der Waals surface area contributed by atoms with Gasteiger partial charge in [-0.05, 0) is 43.3 Å². The van der Waals surface area contributed by atoms with Gasteiger partial charge in [0.25, 0.3) is 0 Å². The van der Waals surface area contributed by atoms with Crippen LogP contribution in [0, 0.1) is 11.6 Å². The highest BCUT2D eigenvalue weighted by Crippen LogP contribution is 2.25. The van der Waals surface area contributed by atoms with E-state index in [9.17, 15) is 13.6 Å². The molecule has 3 rings (SSSR count). The molecule has 20 heavy (non-hydrogen) atoms. The van der Waals surface area contributed by atoms with Crippen molar-refractivity contribution in [3.63, 3.8) is 0 Å². The molecule has 0 saturated heterocycles. The summed E-state index contributed by atoms with van der Waals surface area (Å²) in [7, 11) is 0. The van der Waals surface area contributed by atoms with Crippen molar-refractivity contribution < 1.29 is 13.6 Å². The minimum Gasteiger partial charge on any atom is -0.314 e. The summed E-state index contributed by atoms with van der Waals surface area (Å²) >= 11 is 0. The van der Waals surface area contributed by atoms with Crippen LogP contribution in [-0.2, 0) is 0 Å². The van der Waals surface area contributed by atoms with Crippen molar-refractivity contribution in [2.24, 2.45) is 0 Å². The van der Waals surface area contributed by atoms with Gasteiger partial charge in [0.05, 0.1) is 5.52 Å². The van der Waals surface area contributed by atoms with Crippen molar-refractivity contribution in [1.82, 2.24) is 4.57 Å². The zero-order valence-electron chi connectivity index (χ0n) is 10.7. The molecule has 2 aromatic carbocycles. The van der Waals surface area contributed by atoms with Crippen LogP contribution in [0.5, 0.6) is 0 Å². The lowest BCUT2D eigenvalue weighted by Gasteiger charge is -2.05. The van der Waals surface area contributed by atoms with Crippen LogP contribution in [0.25, 0.3) is 16.6 Å². The quantitative estimate of drug-likeness (QED) is 0.643. The van der Waals surface area contributed by atoms with Crippen molar-refractivity contribution in [3.8, 4) is 5.69 Å². The van der Waals surface area contributed by atoms with E-state index in [0.29, 0.717) is 22.2 Å². The molecule has 0 amide bonds. The first-order valence-electron chi connectivity index (χ1n) is 6.14. The molecule has 0 aliphatic heterocycles. The van der Waals surface area contributed by atoms with Crippen LogP contribution < -0.4 is 0 Å². The average molecular weight is 271 g/mol. The summed E-state index contributed by atoms with van der Waals surface area (Å²) in [5.74, 6) is -0.811. The van der Waals surface area contributed by atoms with Crippen molar-refractivity contribution >= 4 is 16.7 Å². The van der Waals surface area contributed by atoms with E-state index in [4.69, 9.17) is 0 Å². The fourth-order valence-electron chi connectivity index (χ4n) is 2.22. The van der Waals surface area contributed by atoms with Gasteiger partial charge in [-0.25, -0.2) is 8.78 Å².